The van der Waals surface area contributed by atoms with Crippen LogP contribution in [-0.2, 0) is 6.54 Å². The van der Waals surface area contributed by atoms with E-state index in [9.17, 15) is 14.7 Å². The molecule has 0 spiro atoms. The molecule has 0 aliphatic carbocycles. The van der Waals surface area contributed by atoms with Crippen molar-refractivity contribution in [2.45, 2.75) is 6.54 Å². The van der Waals surface area contributed by atoms with Crippen molar-refractivity contribution in [1.29, 1.82) is 0 Å². The van der Waals surface area contributed by atoms with Gasteiger partial charge in [-0.15, -0.1) is 23.7 Å². The third-order valence-electron chi connectivity index (χ3n) is 5.21. The van der Waals surface area contributed by atoms with E-state index < -0.39 is 5.97 Å². The highest BCUT2D eigenvalue weighted by Gasteiger charge is 2.24. The molecule has 2 aromatic carbocycles. The number of halogens is 2. The molecule has 1 saturated heterocycles. The first kappa shape index (κ1) is 24.1. The Morgan fingerprint density at radius 3 is 2.28 bits per heavy atom. The number of carbonyl (C=O) groups is 2. The molecule has 1 aliphatic rings. The maximum atomic E-state index is 12.8. The summed E-state index contributed by atoms with van der Waals surface area (Å²) < 4.78 is 0. The largest absolute Gasteiger partial charge is 0.477 e. The van der Waals surface area contributed by atoms with Crippen LogP contribution in [0.3, 0.4) is 0 Å². The second-order valence-corrected chi connectivity index (χ2v) is 8.83. The van der Waals surface area contributed by atoms with Crippen molar-refractivity contribution in [3.05, 3.63) is 76.1 Å². The molecule has 4 rings (SSSR count). The summed E-state index contributed by atoms with van der Waals surface area (Å²) in [7, 11) is 0. The number of piperazine rings is 1. The Labute approximate surface area is 201 Å². The highest BCUT2D eigenvalue weighted by atomic mass is 35.5. The molecule has 0 unspecified atom stereocenters. The standard InChI is InChI=1S/C23H22ClN3O3S.ClH/c24-18-8-6-16(7-9-18)15-26-10-12-27(13-11-26)23(30)25-19-14-20(31-21(19)22(28)29)17-4-2-1-3-5-17;/h1-9,14H,10-13,15H2,(H,25,30)(H,28,29);1H. The monoisotopic (exact) mass is 491 g/mol. The van der Waals surface area contributed by atoms with Gasteiger partial charge in [0, 0.05) is 42.6 Å². The van der Waals surface area contributed by atoms with Gasteiger partial charge < -0.3 is 15.3 Å². The minimum Gasteiger partial charge on any atom is -0.477 e. The number of urea groups is 1. The lowest BCUT2D eigenvalue weighted by molar-refractivity contribution is 0.0703. The molecular formula is C23H23Cl2N3O3S. The van der Waals surface area contributed by atoms with Gasteiger partial charge in [-0.3, -0.25) is 4.90 Å². The van der Waals surface area contributed by atoms with Crippen LogP contribution in [0, 0.1) is 0 Å². The first-order chi connectivity index (χ1) is 15.0. The first-order valence-electron chi connectivity index (χ1n) is 9.95. The Kier molecular flexibility index (Phi) is 8.15. The number of carboxylic acids is 1. The fourth-order valence-corrected chi connectivity index (χ4v) is 4.62. The van der Waals surface area contributed by atoms with Crippen molar-refractivity contribution in [2.24, 2.45) is 0 Å². The van der Waals surface area contributed by atoms with Crippen LogP contribution in [0.2, 0.25) is 5.02 Å². The van der Waals surface area contributed by atoms with Crippen molar-refractivity contribution < 1.29 is 14.7 Å². The average Bonchev–Trinajstić information content (AvgIpc) is 3.20. The fraction of sp³-hybridized carbons (Fsp3) is 0.217. The number of carbonyl (C=O) groups excluding carboxylic acids is 1. The SMILES string of the molecule is Cl.O=C(O)c1sc(-c2ccccc2)cc1NC(=O)N1CCN(Cc2ccc(Cl)cc2)CC1. The summed E-state index contributed by atoms with van der Waals surface area (Å²) in [5.74, 6) is -1.05. The summed E-state index contributed by atoms with van der Waals surface area (Å²) in [4.78, 5) is 29.4. The Bertz CT molecular complexity index is 1070. The van der Waals surface area contributed by atoms with E-state index in [1.54, 1.807) is 11.0 Å². The Hall–Kier alpha value is -2.58. The molecule has 6 nitrogen and oxygen atoms in total. The smallest absolute Gasteiger partial charge is 0.348 e. The summed E-state index contributed by atoms with van der Waals surface area (Å²) in [5.41, 5.74) is 2.44. The number of thiophene rings is 1. The highest BCUT2D eigenvalue weighted by Crippen LogP contribution is 2.35. The fourth-order valence-electron chi connectivity index (χ4n) is 3.54. The second-order valence-electron chi connectivity index (χ2n) is 7.34. The topological polar surface area (TPSA) is 72.9 Å². The molecule has 32 heavy (non-hydrogen) atoms. The summed E-state index contributed by atoms with van der Waals surface area (Å²) >= 11 is 7.10. The lowest BCUT2D eigenvalue weighted by Crippen LogP contribution is -2.49. The number of hydrogen-bond donors (Lipinski definition) is 2. The molecule has 0 radical (unpaired) electrons. The Morgan fingerprint density at radius 1 is 1.00 bits per heavy atom. The van der Waals surface area contributed by atoms with Crippen molar-refractivity contribution in [1.82, 2.24) is 9.80 Å². The van der Waals surface area contributed by atoms with E-state index in [-0.39, 0.29) is 23.3 Å². The van der Waals surface area contributed by atoms with Gasteiger partial charge in [-0.05, 0) is 29.3 Å². The number of aromatic carboxylic acids is 1. The molecule has 0 saturated carbocycles. The number of nitrogens with one attached hydrogen (secondary N) is 1. The van der Waals surface area contributed by atoms with E-state index >= 15 is 0 Å². The molecule has 3 aromatic rings. The molecule has 1 fully saturated rings. The minimum absolute atomic E-state index is 0. The number of nitrogens with zero attached hydrogens (tertiary/aromatic N) is 2. The summed E-state index contributed by atoms with van der Waals surface area (Å²) in [6.45, 7) is 3.47. The predicted octanol–water partition coefficient (Wildman–Crippen LogP) is 5.54. The Morgan fingerprint density at radius 2 is 1.66 bits per heavy atom. The van der Waals surface area contributed by atoms with Crippen molar-refractivity contribution in [3.8, 4) is 10.4 Å². The average molecular weight is 492 g/mol. The van der Waals surface area contributed by atoms with E-state index in [2.05, 4.69) is 10.2 Å². The van der Waals surface area contributed by atoms with Gasteiger partial charge in [0.2, 0.25) is 0 Å². The van der Waals surface area contributed by atoms with Gasteiger partial charge in [-0.2, -0.15) is 0 Å². The van der Waals surface area contributed by atoms with Gasteiger partial charge in [0.05, 0.1) is 5.69 Å². The number of anilines is 1. The zero-order valence-corrected chi connectivity index (χ0v) is 19.6. The van der Waals surface area contributed by atoms with Crippen LogP contribution in [0.15, 0.2) is 60.7 Å². The van der Waals surface area contributed by atoms with Gasteiger partial charge >= 0.3 is 12.0 Å². The number of hydrogen-bond acceptors (Lipinski definition) is 4. The van der Waals surface area contributed by atoms with Crippen LogP contribution >= 0.6 is 35.3 Å². The number of benzene rings is 2. The first-order valence-corrected chi connectivity index (χ1v) is 11.1. The van der Waals surface area contributed by atoms with Crippen LogP contribution in [0.1, 0.15) is 15.2 Å². The third-order valence-corrected chi connectivity index (χ3v) is 6.63. The highest BCUT2D eigenvalue weighted by molar-refractivity contribution is 7.18. The van der Waals surface area contributed by atoms with Gasteiger partial charge in [-0.1, -0.05) is 54.1 Å². The molecule has 9 heteroatoms. The van der Waals surface area contributed by atoms with E-state index in [1.165, 1.54) is 5.56 Å². The van der Waals surface area contributed by atoms with E-state index in [0.717, 1.165) is 46.4 Å². The van der Waals surface area contributed by atoms with Crippen molar-refractivity contribution in [3.63, 3.8) is 0 Å². The van der Waals surface area contributed by atoms with Gasteiger partial charge in [0.1, 0.15) is 4.88 Å². The minimum atomic E-state index is -1.05. The number of rotatable bonds is 5. The molecule has 0 bridgehead atoms. The number of amides is 2. The molecule has 168 valence electrons. The van der Waals surface area contributed by atoms with Gasteiger partial charge in [-0.25, -0.2) is 9.59 Å². The van der Waals surface area contributed by atoms with E-state index in [1.807, 2.05) is 54.6 Å². The van der Waals surface area contributed by atoms with Gasteiger partial charge in [0.25, 0.3) is 0 Å². The molecule has 2 N–H and O–H groups in total. The van der Waals surface area contributed by atoms with Crippen molar-refractivity contribution in [2.75, 3.05) is 31.5 Å². The third kappa shape index (κ3) is 5.81. The molecule has 1 aromatic heterocycles. The van der Waals surface area contributed by atoms with Crippen molar-refractivity contribution >= 4 is 53.0 Å². The summed E-state index contributed by atoms with van der Waals surface area (Å²) in [6.07, 6.45) is 0. The molecule has 2 amide bonds. The summed E-state index contributed by atoms with van der Waals surface area (Å²) in [5, 5.41) is 13.1. The Balaban J connectivity index is 0.00000289. The molecular weight excluding hydrogens is 469 g/mol. The maximum Gasteiger partial charge on any atom is 0.348 e. The van der Waals surface area contributed by atoms with Crippen LogP contribution in [-0.4, -0.2) is 53.1 Å². The zero-order valence-electron chi connectivity index (χ0n) is 17.2. The quantitative estimate of drug-likeness (QED) is 0.491. The van der Waals surface area contributed by atoms with Crippen LogP contribution in [0.5, 0.6) is 0 Å². The number of carboxylic acid groups (broad SMARTS) is 1. The lowest BCUT2D eigenvalue weighted by atomic mass is 10.2. The predicted molar refractivity (Wildman–Crippen MR) is 131 cm³/mol. The van der Waals surface area contributed by atoms with Crippen LogP contribution in [0.25, 0.3) is 10.4 Å². The van der Waals surface area contributed by atoms with Gasteiger partial charge in [0.15, 0.2) is 0 Å². The summed E-state index contributed by atoms with van der Waals surface area (Å²) in [6, 6.07) is 18.8. The van der Waals surface area contributed by atoms with Crippen LogP contribution < -0.4 is 5.32 Å². The van der Waals surface area contributed by atoms with Crippen LogP contribution in [0.4, 0.5) is 10.5 Å². The normalized spacial score (nSPS) is 14.0. The molecule has 1 aliphatic heterocycles. The molecule has 2 heterocycles. The van der Waals surface area contributed by atoms with E-state index in [0.29, 0.717) is 18.8 Å². The lowest BCUT2D eigenvalue weighted by Gasteiger charge is -2.34. The maximum absolute atomic E-state index is 12.8. The zero-order chi connectivity index (χ0) is 21.8. The second kappa shape index (κ2) is 10.8. The molecule has 0 atom stereocenters. The van der Waals surface area contributed by atoms with E-state index in [4.69, 9.17) is 11.6 Å².